The van der Waals surface area contributed by atoms with Crippen LogP contribution in [0.5, 0.6) is 17.2 Å². The van der Waals surface area contributed by atoms with Crippen molar-refractivity contribution in [3.8, 4) is 17.2 Å². The Morgan fingerprint density at radius 3 is 2.50 bits per heavy atom. The summed E-state index contributed by atoms with van der Waals surface area (Å²) in [4.78, 5) is 11.8. The van der Waals surface area contributed by atoms with Crippen molar-refractivity contribution in [2.45, 2.75) is 20.5 Å². The zero-order chi connectivity index (χ0) is 20.7. The van der Waals surface area contributed by atoms with E-state index in [1.807, 2.05) is 32.0 Å². The predicted molar refractivity (Wildman–Crippen MR) is 102 cm³/mol. The molecule has 2 rings (SSSR count). The molecule has 0 bridgehead atoms. The highest BCUT2D eigenvalue weighted by Crippen LogP contribution is 2.37. The van der Waals surface area contributed by atoms with E-state index in [-0.39, 0.29) is 23.1 Å². The number of nitrogens with zero attached hydrogens (tertiary/aromatic N) is 1. The van der Waals surface area contributed by atoms with Crippen LogP contribution in [-0.4, -0.2) is 32.4 Å². The van der Waals surface area contributed by atoms with Crippen LogP contribution in [0.2, 0.25) is 5.02 Å². The molecule has 6 nitrogen and oxygen atoms in total. The van der Waals surface area contributed by atoms with Crippen LogP contribution in [0.1, 0.15) is 16.7 Å². The van der Waals surface area contributed by atoms with E-state index in [4.69, 9.17) is 21.1 Å². The van der Waals surface area contributed by atoms with Gasteiger partial charge in [0.25, 0.3) is 5.91 Å². The topological polar surface area (TPSA) is 69.2 Å². The smallest absolute Gasteiger partial charge is 0.387 e. The summed E-state index contributed by atoms with van der Waals surface area (Å²) in [6.45, 7) is 0.607. The third kappa shape index (κ3) is 6.38. The second kappa shape index (κ2) is 9.89. The van der Waals surface area contributed by atoms with Crippen LogP contribution in [0.25, 0.3) is 0 Å². The van der Waals surface area contributed by atoms with Crippen molar-refractivity contribution < 1.29 is 27.8 Å². The van der Waals surface area contributed by atoms with Crippen molar-refractivity contribution in [3.05, 3.63) is 52.0 Å². The highest BCUT2D eigenvalue weighted by molar-refractivity contribution is 6.32. The molecule has 0 fully saturated rings. The number of carbonyl (C=O) groups excluding carboxylic acids is 1. The fraction of sp³-hybridized carbons (Fsp3) is 0.263. The van der Waals surface area contributed by atoms with Crippen molar-refractivity contribution in [3.63, 3.8) is 0 Å². The van der Waals surface area contributed by atoms with Crippen LogP contribution in [0, 0.1) is 13.8 Å². The molecule has 0 saturated heterocycles. The van der Waals surface area contributed by atoms with Gasteiger partial charge in [-0.05, 0) is 54.8 Å². The summed E-state index contributed by atoms with van der Waals surface area (Å²) in [7, 11) is 1.29. The number of methoxy groups -OCH3 is 1. The summed E-state index contributed by atoms with van der Waals surface area (Å²) in [6, 6.07) is 8.38. The van der Waals surface area contributed by atoms with Gasteiger partial charge >= 0.3 is 6.61 Å². The minimum atomic E-state index is -3.04. The number of carbonyl (C=O) groups is 1. The molecule has 0 aliphatic rings. The first-order chi connectivity index (χ1) is 13.3. The molecule has 0 unspecified atom stereocenters. The maximum Gasteiger partial charge on any atom is 0.387 e. The molecule has 0 radical (unpaired) electrons. The van der Waals surface area contributed by atoms with Crippen molar-refractivity contribution in [2.24, 2.45) is 5.10 Å². The Morgan fingerprint density at radius 2 is 1.89 bits per heavy atom. The molecule has 28 heavy (non-hydrogen) atoms. The van der Waals surface area contributed by atoms with Crippen LogP contribution in [0.15, 0.2) is 35.4 Å². The summed E-state index contributed by atoms with van der Waals surface area (Å²) >= 11 is 5.93. The number of hydrogen-bond donors (Lipinski definition) is 1. The van der Waals surface area contributed by atoms with Crippen LogP contribution in [0.4, 0.5) is 8.78 Å². The van der Waals surface area contributed by atoms with Gasteiger partial charge in [0.05, 0.1) is 18.3 Å². The van der Waals surface area contributed by atoms with Gasteiger partial charge in [-0.1, -0.05) is 17.7 Å². The van der Waals surface area contributed by atoms with Crippen LogP contribution in [-0.2, 0) is 4.79 Å². The van der Waals surface area contributed by atoms with E-state index in [1.165, 1.54) is 25.5 Å². The molecule has 0 saturated carbocycles. The fourth-order valence-corrected chi connectivity index (χ4v) is 2.66. The van der Waals surface area contributed by atoms with E-state index in [9.17, 15) is 13.6 Å². The number of hydrogen-bond acceptors (Lipinski definition) is 5. The molecule has 1 amide bonds. The minimum absolute atomic E-state index is 0.0127. The highest BCUT2D eigenvalue weighted by Gasteiger charge is 2.15. The van der Waals surface area contributed by atoms with E-state index in [1.54, 1.807) is 0 Å². The van der Waals surface area contributed by atoms with Crippen LogP contribution in [0.3, 0.4) is 0 Å². The summed E-state index contributed by atoms with van der Waals surface area (Å²) in [5.41, 5.74) is 4.77. The lowest BCUT2D eigenvalue weighted by Gasteiger charge is -2.12. The van der Waals surface area contributed by atoms with E-state index in [2.05, 4.69) is 15.3 Å². The number of aryl methyl sites for hydroxylation is 2. The zero-order valence-corrected chi connectivity index (χ0v) is 16.2. The second-order valence-corrected chi connectivity index (χ2v) is 6.23. The van der Waals surface area contributed by atoms with Gasteiger partial charge in [-0.3, -0.25) is 4.79 Å². The van der Waals surface area contributed by atoms with Gasteiger partial charge in [0.1, 0.15) is 5.75 Å². The van der Waals surface area contributed by atoms with Crippen LogP contribution < -0.4 is 19.6 Å². The Morgan fingerprint density at radius 1 is 1.21 bits per heavy atom. The Bertz CT molecular complexity index is 855. The van der Waals surface area contributed by atoms with Gasteiger partial charge in [-0.25, -0.2) is 5.43 Å². The molecule has 9 heteroatoms. The molecule has 0 aliphatic heterocycles. The number of amides is 1. The fourth-order valence-electron chi connectivity index (χ4n) is 2.39. The van der Waals surface area contributed by atoms with E-state index in [0.29, 0.717) is 11.3 Å². The van der Waals surface area contributed by atoms with Gasteiger partial charge in [-0.15, -0.1) is 0 Å². The molecule has 2 aromatic carbocycles. The third-order valence-corrected chi connectivity index (χ3v) is 3.71. The summed E-state index contributed by atoms with van der Waals surface area (Å²) in [5, 5.41) is 3.71. The van der Waals surface area contributed by atoms with Gasteiger partial charge in [-0.2, -0.15) is 13.9 Å². The average Bonchev–Trinajstić information content (AvgIpc) is 2.61. The molecule has 1 N–H and O–H groups in total. The first kappa shape index (κ1) is 21.4. The largest absolute Gasteiger partial charge is 0.493 e. The van der Waals surface area contributed by atoms with Gasteiger partial charge in [0, 0.05) is 0 Å². The lowest BCUT2D eigenvalue weighted by atomic mass is 10.1. The number of halogens is 3. The number of ether oxygens (including phenoxy) is 3. The number of benzene rings is 2. The molecule has 0 spiro atoms. The zero-order valence-electron chi connectivity index (χ0n) is 15.5. The maximum absolute atomic E-state index is 12.4. The molecule has 150 valence electrons. The molecule has 0 atom stereocenters. The standard InChI is InChI=1S/C19H19ClF2N2O4/c1-11-4-12(2)6-14(5-11)27-10-17(25)24-23-9-13-7-15(20)18(28-19(21)22)16(8-13)26-3/h4-9,19H,10H2,1-3H3,(H,24,25)/b23-9-. The summed E-state index contributed by atoms with van der Waals surface area (Å²) in [5.74, 6) is -0.144. The molecule has 0 heterocycles. The average molecular weight is 413 g/mol. The van der Waals surface area contributed by atoms with Gasteiger partial charge in [0.2, 0.25) is 0 Å². The van der Waals surface area contributed by atoms with E-state index in [0.717, 1.165) is 11.1 Å². The Hall–Kier alpha value is -2.87. The molecule has 2 aromatic rings. The van der Waals surface area contributed by atoms with Crippen LogP contribution >= 0.6 is 11.6 Å². The predicted octanol–water partition coefficient (Wildman–Crippen LogP) is 4.10. The van der Waals surface area contributed by atoms with Crippen molar-refractivity contribution >= 4 is 23.7 Å². The minimum Gasteiger partial charge on any atom is -0.493 e. The SMILES string of the molecule is COc1cc(/C=N\NC(=O)COc2cc(C)cc(C)c2)cc(Cl)c1OC(F)F. The Balaban J connectivity index is 1.96. The van der Waals surface area contributed by atoms with Gasteiger partial charge < -0.3 is 14.2 Å². The third-order valence-electron chi connectivity index (χ3n) is 3.43. The molecule has 0 aromatic heterocycles. The Kier molecular flexibility index (Phi) is 7.57. The lowest BCUT2D eigenvalue weighted by Crippen LogP contribution is -2.24. The monoisotopic (exact) mass is 412 g/mol. The molecular weight excluding hydrogens is 394 g/mol. The Labute approximate surface area is 166 Å². The number of nitrogens with one attached hydrogen (secondary N) is 1. The lowest BCUT2D eigenvalue weighted by molar-refractivity contribution is -0.123. The number of alkyl halides is 2. The van der Waals surface area contributed by atoms with E-state index >= 15 is 0 Å². The summed E-state index contributed by atoms with van der Waals surface area (Å²) < 4.78 is 39.6. The van der Waals surface area contributed by atoms with Crippen molar-refractivity contribution in [1.82, 2.24) is 5.43 Å². The first-order valence-electron chi connectivity index (χ1n) is 8.14. The first-order valence-corrected chi connectivity index (χ1v) is 8.51. The maximum atomic E-state index is 12.4. The summed E-state index contributed by atoms with van der Waals surface area (Å²) in [6.07, 6.45) is 1.29. The second-order valence-electron chi connectivity index (χ2n) is 5.82. The van der Waals surface area contributed by atoms with E-state index < -0.39 is 12.5 Å². The van der Waals surface area contributed by atoms with Crippen molar-refractivity contribution in [2.75, 3.05) is 13.7 Å². The normalized spacial score (nSPS) is 11.0. The van der Waals surface area contributed by atoms with Crippen molar-refractivity contribution in [1.29, 1.82) is 0 Å². The van der Waals surface area contributed by atoms with Gasteiger partial charge in [0.15, 0.2) is 18.1 Å². The molecule has 0 aliphatic carbocycles. The number of rotatable bonds is 8. The number of hydrazone groups is 1. The highest BCUT2D eigenvalue weighted by atomic mass is 35.5. The molecular formula is C19H19ClF2N2O4. The quantitative estimate of drug-likeness (QED) is 0.523.